The number of hydrogen-bond donors (Lipinski definition) is 2. The van der Waals surface area contributed by atoms with Gasteiger partial charge >= 0.3 is 5.97 Å². The van der Waals surface area contributed by atoms with Crippen LogP contribution >= 0.6 is 0 Å². The number of aliphatic carboxylic acids is 1. The molecule has 0 unspecified atom stereocenters. The number of nitrogens with one attached hydrogen (secondary N) is 1. The minimum Gasteiger partial charge on any atom is -0.496 e. The van der Waals surface area contributed by atoms with Gasteiger partial charge in [0.25, 0.3) is 0 Å². The van der Waals surface area contributed by atoms with E-state index in [-0.39, 0.29) is 12.3 Å². The number of methoxy groups -OCH3 is 1. The third-order valence-electron chi connectivity index (χ3n) is 2.75. The van der Waals surface area contributed by atoms with E-state index in [1.807, 2.05) is 19.1 Å². The molecule has 0 fully saturated rings. The Morgan fingerprint density at radius 2 is 2.05 bits per heavy atom. The van der Waals surface area contributed by atoms with Crippen molar-refractivity contribution in [3.63, 3.8) is 0 Å². The summed E-state index contributed by atoms with van der Waals surface area (Å²) in [6.45, 7) is 1.88. The number of amides is 1. The standard InChI is InChI=1S/C14H19NO4/c1-3-6-11(14(17)18)15-13(16)9-10-7-4-5-8-12(10)19-2/h4-5,7-8,11H,3,6,9H2,1-2H3,(H,15,16)(H,17,18)/t11-/m0/s1. The molecule has 0 saturated heterocycles. The number of carbonyl (C=O) groups excluding carboxylic acids is 1. The summed E-state index contributed by atoms with van der Waals surface area (Å²) in [5, 5.41) is 11.5. The van der Waals surface area contributed by atoms with Crippen molar-refractivity contribution in [2.75, 3.05) is 7.11 Å². The molecule has 1 atom stereocenters. The zero-order valence-electron chi connectivity index (χ0n) is 11.2. The predicted molar refractivity (Wildman–Crippen MR) is 71.2 cm³/mol. The summed E-state index contributed by atoms with van der Waals surface area (Å²) < 4.78 is 5.15. The lowest BCUT2D eigenvalue weighted by atomic mass is 10.1. The molecule has 0 aromatic heterocycles. The molecule has 0 saturated carbocycles. The average molecular weight is 265 g/mol. The molecule has 0 aliphatic rings. The molecule has 1 rings (SSSR count). The second-order valence-electron chi connectivity index (χ2n) is 4.24. The van der Waals surface area contributed by atoms with Crippen LogP contribution in [-0.4, -0.2) is 30.1 Å². The quantitative estimate of drug-likeness (QED) is 0.785. The minimum absolute atomic E-state index is 0.109. The van der Waals surface area contributed by atoms with Crippen LogP contribution in [0.15, 0.2) is 24.3 Å². The molecule has 1 amide bonds. The lowest BCUT2D eigenvalue weighted by Gasteiger charge is -2.14. The highest BCUT2D eigenvalue weighted by Crippen LogP contribution is 2.17. The Hall–Kier alpha value is -2.04. The van der Waals surface area contributed by atoms with Crippen LogP contribution in [0.5, 0.6) is 5.75 Å². The van der Waals surface area contributed by atoms with Gasteiger partial charge in [-0.15, -0.1) is 0 Å². The average Bonchev–Trinajstić information content (AvgIpc) is 2.38. The number of carbonyl (C=O) groups is 2. The first-order valence-corrected chi connectivity index (χ1v) is 6.22. The van der Waals surface area contributed by atoms with Gasteiger partial charge in [0.2, 0.25) is 5.91 Å². The van der Waals surface area contributed by atoms with E-state index >= 15 is 0 Å². The Morgan fingerprint density at radius 3 is 2.63 bits per heavy atom. The van der Waals surface area contributed by atoms with Crippen LogP contribution in [0.4, 0.5) is 0 Å². The molecular formula is C14H19NO4. The smallest absolute Gasteiger partial charge is 0.326 e. The predicted octanol–water partition coefficient (Wildman–Crippen LogP) is 1.61. The molecule has 0 aliphatic heterocycles. The fourth-order valence-corrected chi connectivity index (χ4v) is 1.81. The Bertz CT molecular complexity index is 445. The second kappa shape index (κ2) is 7.41. The van der Waals surface area contributed by atoms with Gasteiger partial charge in [-0.1, -0.05) is 31.5 Å². The van der Waals surface area contributed by atoms with Crippen LogP contribution in [0.25, 0.3) is 0 Å². The number of ether oxygens (including phenoxy) is 1. The molecule has 0 radical (unpaired) electrons. The Balaban J connectivity index is 2.66. The third-order valence-corrected chi connectivity index (χ3v) is 2.75. The van der Waals surface area contributed by atoms with Gasteiger partial charge in [0.05, 0.1) is 13.5 Å². The summed E-state index contributed by atoms with van der Waals surface area (Å²) in [5.41, 5.74) is 0.739. The highest BCUT2D eigenvalue weighted by Gasteiger charge is 2.19. The largest absolute Gasteiger partial charge is 0.496 e. The number of rotatable bonds is 7. The molecule has 5 heteroatoms. The second-order valence-corrected chi connectivity index (χ2v) is 4.24. The number of para-hydroxylation sites is 1. The summed E-state index contributed by atoms with van der Waals surface area (Å²) in [6.07, 6.45) is 1.23. The lowest BCUT2D eigenvalue weighted by molar-refractivity contribution is -0.141. The van der Waals surface area contributed by atoms with Crippen LogP contribution < -0.4 is 10.1 Å². The van der Waals surface area contributed by atoms with E-state index in [1.165, 1.54) is 7.11 Å². The molecule has 0 aliphatic carbocycles. The van der Waals surface area contributed by atoms with E-state index in [0.717, 1.165) is 5.56 Å². The maximum absolute atomic E-state index is 11.8. The molecule has 5 nitrogen and oxygen atoms in total. The number of carboxylic acids is 1. The molecule has 19 heavy (non-hydrogen) atoms. The molecule has 104 valence electrons. The van der Waals surface area contributed by atoms with Crippen LogP contribution in [0.2, 0.25) is 0 Å². The van der Waals surface area contributed by atoms with Gasteiger partial charge in [-0.3, -0.25) is 4.79 Å². The van der Waals surface area contributed by atoms with Crippen molar-refractivity contribution < 1.29 is 19.4 Å². The molecule has 1 aromatic rings. The normalized spacial score (nSPS) is 11.7. The highest BCUT2D eigenvalue weighted by molar-refractivity contribution is 5.85. The van der Waals surface area contributed by atoms with E-state index in [1.54, 1.807) is 12.1 Å². The maximum atomic E-state index is 11.8. The monoisotopic (exact) mass is 265 g/mol. The molecule has 0 spiro atoms. The van der Waals surface area contributed by atoms with Crippen LogP contribution in [0, 0.1) is 0 Å². The van der Waals surface area contributed by atoms with Crippen molar-refractivity contribution >= 4 is 11.9 Å². The van der Waals surface area contributed by atoms with E-state index in [2.05, 4.69) is 5.32 Å². The summed E-state index contributed by atoms with van der Waals surface area (Å²) in [7, 11) is 1.54. The van der Waals surface area contributed by atoms with Gasteiger partial charge in [0.1, 0.15) is 11.8 Å². The minimum atomic E-state index is -1.00. The van der Waals surface area contributed by atoms with Gasteiger partial charge < -0.3 is 15.2 Å². The van der Waals surface area contributed by atoms with Gasteiger partial charge in [0.15, 0.2) is 0 Å². The van der Waals surface area contributed by atoms with Crippen molar-refractivity contribution in [2.45, 2.75) is 32.2 Å². The molecular weight excluding hydrogens is 246 g/mol. The van der Waals surface area contributed by atoms with Crippen molar-refractivity contribution in [3.8, 4) is 5.75 Å². The van der Waals surface area contributed by atoms with Gasteiger partial charge in [-0.2, -0.15) is 0 Å². The lowest BCUT2D eigenvalue weighted by Crippen LogP contribution is -2.41. The molecule has 2 N–H and O–H groups in total. The number of benzene rings is 1. The summed E-state index contributed by atoms with van der Waals surface area (Å²) in [5.74, 6) is -0.694. The van der Waals surface area contributed by atoms with E-state index in [0.29, 0.717) is 18.6 Å². The van der Waals surface area contributed by atoms with Crippen molar-refractivity contribution in [2.24, 2.45) is 0 Å². The van der Waals surface area contributed by atoms with Crippen LogP contribution in [0.1, 0.15) is 25.3 Å². The maximum Gasteiger partial charge on any atom is 0.326 e. The Labute approximate surface area is 112 Å². The fraction of sp³-hybridized carbons (Fsp3) is 0.429. The topological polar surface area (TPSA) is 75.6 Å². The first-order chi connectivity index (χ1) is 9.08. The molecule has 1 aromatic carbocycles. The van der Waals surface area contributed by atoms with Crippen molar-refractivity contribution in [1.29, 1.82) is 0 Å². The van der Waals surface area contributed by atoms with Crippen molar-refractivity contribution in [1.82, 2.24) is 5.32 Å². The van der Waals surface area contributed by atoms with E-state index in [9.17, 15) is 9.59 Å². The Morgan fingerprint density at radius 1 is 1.37 bits per heavy atom. The Kier molecular flexibility index (Phi) is 5.85. The molecule has 0 bridgehead atoms. The zero-order chi connectivity index (χ0) is 14.3. The zero-order valence-corrected chi connectivity index (χ0v) is 11.2. The van der Waals surface area contributed by atoms with Crippen molar-refractivity contribution in [3.05, 3.63) is 29.8 Å². The number of carboxylic acid groups (broad SMARTS) is 1. The van der Waals surface area contributed by atoms with Gasteiger partial charge in [-0.25, -0.2) is 4.79 Å². The molecule has 0 heterocycles. The summed E-state index contributed by atoms with van der Waals surface area (Å²) in [4.78, 5) is 22.8. The van der Waals surface area contributed by atoms with Gasteiger partial charge in [0, 0.05) is 5.56 Å². The number of hydrogen-bond acceptors (Lipinski definition) is 3. The first-order valence-electron chi connectivity index (χ1n) is 6.22. The summed E-state index contributed by atoms with van der Waals surface area (Å²) in [6, 6.07) is 6.35. The first kappa shape index (κ1) is 15.0. The highest BCUT2D eigenvalue weighted by atomic mass is 16.5. The van der Waals surface area contributed by atoms with Crippen LogP contribution in [0.3, 0.4) is 0 Å². The van der Waals surface area contributed by atoms with E-state index < -0.39 is 12.0 Å². The van der Waals surface area contributed by atoms with Crippen LogP contribution in [-0.2, 0) is 16.0 Å². The summed E-state index contributed by atoms with van der Waals surface area (Å²) >= 11 is 0. The third kappa shape index (κ3) is 4.62. The van der Waals surface area contributed by atoms with E-state index in [4.69, 9.17) is 9.84 Å². The van der Waals surface area contributed by atoms with Gasteiger partial charge in [-0.05, 0) is 12.5 Å². The SMILES string of the molecule is CCC[C@H](NC(=O)Cc1ccccc1OC)C(=O)O. The fourth-order valence-electron chi connectivity index (χ4n) is 1.81.